The van der Waals surface area contributed by atoms with E-state index in [4.69, 9.17) is 23.7 Å². The Morgan fingerprint density at radius 3 is 2.25 bits per heavy atom. The zero-order valence-electron chi connectivity index (χ0n) is 15.0. The van der Waals surface area contributed by atoms with Gasteiger partial charge >= 0.3 is 5.97 Å². The average molecular weight is 378 g/mol. The Kier molecular flexibility index (Phi) is 5.29. The number of hydrogen-bond acceptors (Lipinski definition) is 6. The van der Waals surface area contributed by atoms with Gasteiger partial charge in [0.05, 0.1) is 0 Å². The second-order valence-corrected chi connectivity index (χ2v) is 6.02. The minimum atomic E-state index is -0.511. The first kappa shape index (κ1) is 17.7. The first-order chi connectivity index (χ1) is 13.8. The lowest BCUT2D eigenvalue weighted by atomic mass is 10.2. The molecular weight excluding hydrogens is 360 g/mol. The zero-order chi connectivity index (χ0) is 19.2. The van der Waals surface area contributed by atoms with Crippen LogP contribution < -0.4 is 23.7 Å². The highest BCUT2D eigenvalue weighted by Gasteiger charge is 2.15. The van der Waals surface area contributed by atoms with Crippen LogP contribution in [0.5, 0.6) is 28.7 Å². The van der Waals surface area contributed by atoms with Gasteiger partial charge in [0.1, 0.15) is 23.9 Å². The van der Waals surface area contributed by atoms with Crippen molar-refractivity contribution in [3.63, 3.8) is 0 Å². The van der Waals surface area contributed by atoms with Gasteiger partial charge in [-0.1, -0.05) is 30.3 Å². The van der Waals surface area contributed by atoms with Crippen LogP contribution in [0.15, 0.2) is 72.8 Å². The van der Waals surface area contributed by atoms with Crippen LogP contribution in [-0.4, -0.2) is 19.4 Å². The molecule has 0 saturated carbocycles. The van der Waals surface area contributed by atoms with E-state index in [0.29, 0.717) is 29.6 Å². The van der Waals surface area contributed by atoms with Crippen molar-refractivity contribution >= 4 is 5.97 Å². The summed E-state index contributed by atoms with van der Waals surface area (Å²) in [6.45, 7) is 0.447. The van der Waals surface area contributed by atoms with Gasteiger partial charge in [0, 0.05) is 6.07 Å². The fourth-order valence-electron chi connectivity index (χ4n) is 2.62. The van der Waals surface area contributed by atoms with E-state index >= 15 is 0 Å². The lowest BCUT2D eigenvalue weighted by molar-refractivity contribution is -0.136. The molecular formula is C22H18O6. The molecule has 0 saturated heterocycles. The fourth-order valence-corrected chi connectivity index (χ4v) is 2.62. The highest BCUT2D eigenvalue weighted by molar-refractivity contribution is 5.74. The normalized spacial score (nSPS) is 11.7. The first-order valence-electron chi connectivity index (χ1n) is 8.76. The van der Waals surface area contributed by atoms with Gasteiger partial charge in [-0.25, -0.2) is 4.79 Å². The maximum absolute atomic E-state index is 12.0. The Morgan fingerprint density at radius 1 is 0.786 bits per heavy atom. The molecule has 4 rings (SSSR count). The van der Waals surface area contributed by atoms with Crippen LogP contribution in [0.1, 0.15) is 5.56 Å². The van der Waals surface area contributed by atoms with Crippen molar-refractivity contribution < 1.29 is 28.5 Å². The van der Waals surface area contributed by atoms with Gasteiger partial charge in [0.25, 0.3) is 0 Å². The smallest absolute Gasteiger partial charge is 0.349 e. The lowest BCUT2D eigenvalue weighted by Gasteiger charge is -2.09. The van der Waals surface area contributed by atoms with Crippen LogP contribution in [0.25, 0.3) is 0 Å². The summed E-state index contributed by atoms with van der Waals surface area (Å²) in [7, 11) is 0. The summed E-state index contributed by atoms with van der Waals surface area (Å²) >= 11 is 0. The molecule has 0 aromatic heterocycles. The fraction of sp³-hybridized carbons (Fsp3) is 0.136. The molecule has 142 valence electrons. The molecule has 0 spiro atoms. The van der Waals surface area contributed by atoms with Gasteiger partial charge < -0.3 is 23.7 Å². The summed E-state index contributed by atoms with van der Waals surface area (Å²) in [4.78, 5) is 12.0. The third-order valence-electron chi connectivity index (χ3n) is 4.00. The standard InChI is InChI=1S/C22H18O6/c23-22(28-19-10-11-20-21(12-19)27-15-26-20)14-25-18-8-6-17(7-9-18)24-13-16-4-2-1-3-5-16/h1-12H,13-15H2. The minimum absolute atomic E-state index is 0.168. The summed E-state index contributed by atoms with van der Waals surface area (Å²) in [6, 6.07) is 21.9. The van der Waals surface area contributed by atoms with Gasteiger partial charge in [0.15, 0.2) is 18.1 Å². The van der Waals surface area contributed by atoms with Crippen molar-refractivity contribution in [1.82, 2.24) is 0 Å². The van der Waals surface area contributed by atoms with Gasteiger partial charge in [-0.05, 0) is 42.0 Å². The number of hydrogen-bond donors (Lipinski definition) is 0. The topological polar surface area (TPSA) is 63.2 Å². The van der Waals surface area contributed by atoms with E-state index in [1.807, 2.05) is 30.3 Å². The van der Waals surface area contributed by atoms with Gasteiger partial charge in [-0.2, -0.15) is 0 Å². The molecule has 0 N–H and O–H groups in total. The van der Waals surface area contributed by atoms with E-state index in [9.17, 15) is 4.79 Å². The van der Waals surface area contributed by atoms with Gasteiger partial charge in [-0.15, -0.1) is 0 Å². The van der Waals surface area contributed by atoms with Crippen molar-refractivity contribution in [1.29, 1.82) is 0 Å². The van der Waals surface area contributed by atoms with E-state index in [0.717, 1.165) is 11.3 Å². The van der Waals surface area contributed by atoms with Crippen LogP contribution in [0.2, 0.25) is 0 Å². The number of ether oxygens (including phenoxy) is 5. The Hall–Kier alpha value is -3.67. The van der Waals surface area contributed by atoms with Crippen LogP contribution in [0.4, 0.5) is 0 Å². The second kappa shape index (κ2) is 8.35. The molecule has 0 bridgehead atoms. The van der Waals surface area contributed by atoms with E-state index in [-0.39, 0.29) is 13.4 Å². The number of carbonyl (C=O) groups excluding carboxylic acids is 1. The number of rotatable bonds is 7. The van der Waals surface area contributed by atoms with Crippen molar-refractivity contribution in [2.24, 2.45) is 0 Å². The largest absolute Gasteiger partial charge is 0.489 e. The van der Waals surface area contributed by atoms with E-state index < -0.39 is 5.97 Å². The van der Waals surface area contributed by atoms with Gasteiger partial charge in [-0.3, -0.25) is 0 Å². The number of carbonyl (C=O) groups is 1. The van der Waals surface area contributed by atoms with Crippen molar-refractivity contribution in [3.8, 4) is 28.7 Å². The van der Waals surface area contributed by atoms with E-state index in [1.54, 1.807) is 42.5 Å². The third-order valence-corrected chi connectivity index (χ3v) is 4.00. The Labute approximate surface area is 162 Å². The quantitative estimate of drug-likeness (QED) is 0.458. The Balaban J connectivity index is 1.24. The minimum Gasteiger partial charge on any atom is -0.489 e. The lowest BCUT2D eigenvalue weighted by Crippen LogP contribution is -2.17. The highest BCUT2D eigenvalue weighted by Crippen LogP contribution is 2.35. The summed E-state index contributed by atoms with van der Waals surface area (Å²) < 4.78 is 26.9. The number of esters is 1. The molecule has 0 fully saturated rings. The molecule has 0 radical (unpaired) electrons. The molecule has 0 unspecified atom stereocenters. The predicted octanol–water partition coefficient (Wildman–Crippen LogP) is 3.98. The molecule has 1 aliphatic heterocycles. The SMILES string of the molecule is O=C(COc1ccc(OCc2ccccc2)cc1)Oc1ccc2c(c1)OCO2. The number of benzene rings is 3. The summed E-state index contributed by atoms with van der Waals surface area (Å²) in [6.07, 6.45) is 0. The Morgan fingerprint density at radius 2 is 1.46 bits per heavy atom. The van der Waals surface area contributed by atoms with Crippen molar-refractivity contribution in [3.05, 3.63) is 78.4 Å². The molecule has 1 aliphatic rings. The molecule has 0 atom stereocenters. The monoisotopic (exact) mass is 378 g/mol. The molecule has 0 amide bonds. The average Bonchev–Trinajstić information content (AvgIpc) is 3.20. The van der Waals surface area contributed by atoms with Crippen LogP contribution in [0.3, 0.4) is 0 Å². The third kappa shape index (κ3) is 4.54. The van der Waals surface area contributed by atoms with Crippen molar-refractivity contribution in [2.75, 3.05) is 13.4 Å². The van der Waals surface area contributed by atoms with Crippen LogP contribution in [-0.2, 0) is 11.4 Å². The summed E-state index contributed by atoms with van der Waals surface area (Å²) in [5.74, 6) is 2.32. The first-order valence-corrected chi connectivity index (χ1v) is 8.76. The van der Waals surface area contributed by atoms with Crippen LogP contribution in [0, 0.1) is 0 Å². The molecule has 3 aromatic rings. The predicted molar refractivity (Wildman–Crippen MR) is 101 cm³/mol. The molecule has 0 aliphatic carbocycles. The zero-order valence-corrected chi connectivity index (χ0v) is 15.0. The molecule has 6 heteroatoms. The highest BCUT2D eigenvalue weighted by atomic mass is 16.7. The van der Waals surface area contributed by atoms with Gasteiger partial charge in [0.2, 0.25) is 6.79 Å². The Bertz CT molecular complexity index is 937. The summed E-state index contributed by atoms with van der Waals surface area (Å²) in [5.41, 5.74) is 1.09. The van der Waals surface area contributed by atoms with E-state index in [2.05, 4.69) is 0 Å². The maximum Gasteiger partial charge on any atom is 0.349 e. The van der Waals surface area contributed by atoms with Crippen LogP contribution >= 0.6 is 0 Å². The molecule has 6 nitrogen and oxygen atoms in total. The summed E-state index contributed by atoms with van der Waals surface area (Å²) in [5, 5.41) is 0. The number of fused-ring (bicyclic) bond motifs is 1. The molecule has 1 heterocycles. The maximum atomic E-state index is 12.0. The molecule has 3 aromatic carbocycles. The second-order valence-electron chi connectivity index (χ2n) is 6.02. The van der Waals surface area contributed by atoms with E-state index in [1.165, 1.54) is 0 Å². The van der Waals surface area contributed by atoms with Crippen molar-refractivity contribution in [2.45, 2.75) is 6.61 Å². The molecule has 28 heavy (non-hydrogen) atoms.